The standard InChI is InChI=1S/C23H22N4O4S/c1-29-17-10-11-18(20(13-17)30-2)24-21(28)15-32-23-26-25-22(19-9-6-12-31-19)27(23)14-16-7-4-3-5-8-16/h3-13H,14-15H2,1-2H3,(H,24,28). The molecule has 2 aromatic carbocycles. The first kappa shape index (κ1) is 21.5. The molecular weight excluding hydrogens is 428 g/mol. The van der Waals surface area contributed by atoms with Crippen LogP contribution >= 0.6 is 11.8 Å². The van der Waals surface area contributed by atoms with E-state index in [2.05, 4.69) is 15.5 Å². The number of hydrogen-bond donors (Lipinski definition) is 1. The molecule has 1 N–H and O–H groups in total. The van der Waals surface area contributed by atoms with Crippen LogP contribution in [0.5, 0.6) is 11.5 Å². The molecule has 0 aliphatic rings. The second-order valence-corrected chi connectivity index (χ2v) is 7.70. The van der Waals surface area contributed by atoms with Gasteiger partial charge in [0.15, 0.2) is 10.9 Å². The van der Waals surface area contributed by atoms with Gasteiger partial charge in [0.2, 0.25) is 11.7 Å². The van der Waals surface area contributed by atoms with Gasteiger partial charge in [0.05, 0.1) is 38.5 Å². The second-order valence-electron chi connectivity index (χ2n) is 6.76. The fraction of sp³-hybridized carbons (Fsp3) is 0.174. The first-order chi connectivity index (χ1) is 15.7. The van der Waals surface area contributed by atoms with E-state index < -0.39 is 0 Å². The molecule has 0 atom stereocenters. The molecule has 0 spiro atoms. The summed E-state index contributed by atoms with van der Waals surface area (Å²) in [6.45, 7) is 0.556. The van der Waals surface area contributed by atoms with E-state index in [4.69, 9.17) is 13.9 Å². The van der Waals surface area contributed by atoms with Crippen molar-refractivity contribution in [2.75, 3.05) is 25.3 Å². The monoisotopic (exact) mass is 450 g/mol. The third-order valence-electron chi connectivity index (χ3n) is 4.66. The van der Waals surface area contributed by atoms with Crippen molar-refractivity contribution in [2.45, 2.75) is 11.7 Å². The number of furan rings is 1. The molecule has 0 saturated heterocycles. The molecule has 0 bridgehead atoms. The van der Waals surface area contributed by atoms with Gasteiger partial charge in [-0.05, 0) is 29.8 Å². The van der Waals surface area contributed by atoms with Crippen LogP contribution in [0.15, 0.2) is 76.5 Å². The van der Waals surface area contributed by atoms with Crippen molar-refractivity contribution in [1.82, 2.24) is 14.8 Å². The molecule has 8 nitrogen and oxygen atoms in total. The second kappa shape index (κ2) is 10.1. The highest BCUT2D eigenvalue weighted by atomic mass is 32.2. The summed E-state index contributed by atoms with van der Waals surface area (Å²) in [7, 11) is 3.12. The molecule has 2 heterocycles. The summed E-state index contributed by atoms with van der Waals surface area (Å²) >= 11 is 1.30. The Bertz CT molecular complexity index is 1180. The number of anilines is 1. The summed E-state index contributed by atoms with van der Waals surface area (Å²) in [5, 5.41) is 12.1. The molecule has 164 valence electrons. The Labute approximate surface area is 189 Å². The summed E-state index contributed by atoms with van der Waals surface area (Å²) in [5.41, 5.74) is 1.66. The molecule has 2 aromatic heterocycles. The average molecular weight is 451 g/mol. The van der Waals surface area contributed by atoms with E-state index in [-0.39, 0.29) is 11.7 Å². The number of thioether (sulfide) groups is 1. The zero-order chi connectivity index (χ0) is 22.3. The predicted octanol–water partition coefficient (Wildman–Crippen LogP) is 4.33. The first-order valence-electron chi connectivity index (χ1n) is 9.83. The SMILES string of the molecule is COc1ccc(NC(=O)CSc2nnc(-c3ccco3)n2Cc2ccccc2)c(OC)c1. The molecular formula is C23H22N4O4S. The molecule has 0 fully saturated rings. The third kappa shape index (κ3) is 4.94. The summed E-state index contributed by atoms with van der Waals surface area (Å²) in [6, 6.07) is 18.9. The highest BCUT2D eigenvalue weighted by Crippen LogP contribution is 2.30. The zero-order valence-corrected chi connectivity index (χ0v) is 18.5. The first-order valence-corrected chi connectivity index (χ1v) is 10.8. The highest BCUT2D eigenvalue weighted by Gasteiger charge is 2.18. The van der Waals surface area contributed by atoms with Gasteiger partial charge in [-0.25, -0.2) is 0 Å². The number of nitrogens with one attached hydrogen (secondary N) is 1. The van der Waals surface area contributed by atoms with Gasteiger partial charge in [-0.2, -0.15) is 0 Å². The van der Waals surface area contributed by atoms with Crippen LogP contribution in [0, 0.1) is 0 Å². The fourth-order valence-corrected chi connectivity index (χ4v) is 3.85. The lowest BCUT2D eigenvalue weighted by Crippen LogP contribution is -2.15. The van der Waals surface area contributed by atoms with Crippen molar-refractivity contribution in [1.29, 1.82) is 0 Å². The molecule has 0 aliphatic carbocycles. The molecule has 0 aliphatic heterocycles. The summed E-state index contributed by atoms with van der Waals surface area (Å²) in [5.74, 6) is 2.36. The number of nitrogens with zero attached hydrogens (tertiary/aromatic N) is 3. The minimum Gasteiger partial charge on any atom is -0.497 e. The van der Waals surface area contributed by atoms with Crippen LogP contribution in [-0.2, 0) is 11.3 Å². The fourth-order valence-electron chi connectivity index (χ4n) is 3.11. The number of ether oxygens (including phenoxy) is 2. The van der Waals surface area contributed by atoms with Crippen LogP contribution in [0.4, 0.5) is 5.69 Å². The van der Waals surface area contributed by atoms with E-state index in [1.165, 1.54) is 11.8 Å². The van der Waals surface area contributed by atoms with E-state index in [1.807, 2.05) is 41.0 Å². The maximum Gasteiger partial charge on any atom is 0.234 e. The quantitative estimate of drug-likeness (QED) is 0.379. The summed E-state index contributed by atoms with van der Waals surface area (Å²) < 4.78 is 18.0. The maximum atomic E-state index is 12.6. The normalized spacial score (nSPS) is 10.7. The molecule has 9 heteroatoms. The van der Waals surface area contributed by atoms with Crippen molar-refractivity contribution < 1.29 is 18.7 Å². The Morgan fingerprint density at radius 1 is 1.06 bits per heavy atom. The van der Waals surface area contributed by atoms with Crippen LogP contribution in [0.3, 0.4) is 0 Å². The van der Waals surface area contributed by atoms with E-state index in [1.54, 1.807) is 44.7 Å². The number of amides is 1. The van der Waals surface area contributed by atoms with Crippen molar-refractivity contribution in [3.8, 4) is 23.1 Å². The molecule has 32 heavy (non-hydrogen) atoms. The van der Waals surface area contributed by atoms with Crippen molar-refractivity contribution >= 4 is 23.4 Å². The van der Waals surface area contributed by atoms with Crippen LogP contribution in [0.25, 0.3) is 11.6 Å². The number of aromatic nitrogens is 3. The van der Waals surface area contributed by atoms with E-state index in [0.717, 1.165) is 5.56 Å². The Kier molecular flexibility index (Phi) is 6.76. The molecule has 0 radical (unpaired) electrons. The van der Waals surface area contributed by atoms with Gasteiger partial charge in [-0.3, -0.25) is 9.36 Å². The third-order valence-corrected chi connectivity index (χ3v) is 5.62. The lowest BCUT2D eigenvalue weighted by atomic mass is 10.2. The number of carbonyl (C=O) groups is 1. The topological polar surface area (TPSA) is 91.4 Å². The van der Waals surface area contributed by atoms with Crippen molar-refractivity contribution in [2.24, 2.45) is 0 Å². The van der Waals surface area contributed by atoms with Gasteiger partial charge in [0.25, 0.3) is 0 Å². The van der Waals surface area contributed by atoms with Gasteiger partial charge >= 0.3 is 0 Å². The van der Waals surface area contributed by atoms with Gasteiger partial charge < -0.3 is 19.2 Å². The van der Waals surface area contributed by atoms with Crippen LogP contribution in [-0.4, -0.2) is 40.6 Å². The number of carbonyl (C=O) groups excluding carboxylic acids is 1. The number of methoxy groups -OCH3 is 2. The number of rotatable bonds is 9. The Morgan fingerprint density at radius 3 is 2.62 bits per heavy atom. The van der Waals surface area contributed by atoms with Gasteiger partial charge in [0.1, 0.15) is 11.5 Å². The number of hydrogen-bond acceptors (Lipinski definition) is 7. The molecule has 0 saturated carbocycles. The van der Waals surface area contributed by atoms with Crippen LogP contribution < -0.4 is 14.8 Å². The van der Waals surface area contributed by atoms with E-state index in [9.17, 15) is 4.79 Å². The molecule has 0 unspecified atom stereocenters. The lowest BCUT2D eigenvalue weighted by Gasteiger charge is -2.12. The van der Waals surface area contributed by atoms with Crippen LogP contribution in [0.2, 0.25) is 0 Å². The van der Waals surface area contributed by atoms with E-state index >= 15 is 0 Å². The summed E-state index contributed by atoms with van der Waals surface area (Å²) in [4.78, 5) is 12.6. The molecule has 1 amide bonds. The van der Waals surface area contributed by atoms with Gasteiger partial charge in [-0.1, -0.05) is 42.1 Å². The van der Waals surface area contributed by atoms with Gasteiger partial charge in [0, 0.05) is 6.07 Å². The average Bonchev–Trinajstić information content (AvgIpc) is 3.49. The molecule has 4 rings (SSSR count). The highest BCUT2D eigenvalue weighted by molar-refractivity contribution is 7.99. The minimum atomic E-state index is -0.188. The number of benzene rings is 2. The Balaban J connectivity index is 1.50. The lowest BCUT2D eigenvalue weighted by molar-refractivity contribution is -0.113. The van der Waals surface area contributed by atoms with Gasteiger partial charge in [-0.15, -0.1) is 10.2 Å². The predicted molar refractivity (Wildman–Crippen MR) is 122 cm³/mol. The Morgan fingerprint density at radius 2 is 1.91 bits per heavy atom. The maximum absolute atomic E-state index is 12.6. The van der Waals surface area contributed by atoms with Crippen LogP contribution in [0.1, 0.15) is 5.56 Å². The van der Waals surface area contributed by atoms with Crippen molar-refractivity contribution in [3.63, 3.8) is 0 Å². The smallest absolute Gasteiger partial charge is 0.234 e. The largest absolute Gasteiger partial charge is 0.497 e. The van der Waals surface area contributed by atoms with Crippen molar-refractivity contribution in [3.05, 3.63) is 72.5 Å². The minimum absolute atomic E-state index is 0.153. The summed E-state index contributed by atoms with van der Waals surface area (Å²) in [6.07, 6.45) is 1.60. The zero-order valence-electron chi connectivity index (χ0n) is 17.6. The molecule has 4 aromatic rings. The van der Waals surface area contributed by atoms with E-state index in [0.29, 0.717) is 40.5 Å². The Hall–Kier alpha value is -3.72.